The van der Waals surface area contributed by atoms with Crippen LogP contribution in [0.4, 0.5) is 5.69 Å². The number of nitrogens with one attached hydrogen (secondary N) is 1. The van der Waals surface area contributed by atoms with Crippen molar-refractivity contribution in [2.45, 2.75) is 31.0 Å². The first kappa shape index (κ1) is 19.9. The SMILES string of the molecule is C[C@H]1c2ccc(N)c(O)c2C(=O)C2=C(O)[C@]3(O)C(=N)C(C(N)=O)=C(O)CC3[C@@H](O)C21. The fourth-order valence-electron chi connectivity index (χ4n) is 5.06. The highest BCUT2D eigenvalue weighted by atomic mass is 16.3. The first-order valence-electron chi connectivity index (χ1n) is 9.25. The number of carbonyl (C=O) groups is 2. The van der Waals surface area contributed by atoms with E-state index in [0.29, 0.717) is 5.56 Å². The van der Waals surface area contributed by atoms with Gasteiger partial charge in [0.25, 0.3) is 5.91 Å². The molecule has 0 bridgehead atoms. The maximum absolute atomic E-state index is 13.2. The van der Waals surface area contributed by atoms with Gasteiger partial charge in [-0.2, -0.15) is 0 Å². The van der Waals surface area contributed by atoms with Crippen molar-refractivity contribution in [3.63, 3.8) is 0 Å². The number of ketones is 1. The number of anilines is 1. The third-order valence-electron chi connectivity index (χ3n) is 6.59. The van der Waals surface area contributed by atoms with E-state index in [4.69, 9.17) is 16.9 Å². The van der Waals surface area contributed by atoms with Crippen LogP contribution in [-0.2, 0) is 4.79 Å². The van der Waals surface area contributed by atoms with Gasteiger partial charge in [0, 0.05) is 23.8 Å². The molecule has 3 aliphatic carbocycles. The normalized spacial score (nSPS) is 33.2. The lowest BCUT2D eigenvalue weighted by Crippen LogP contribution is -2.62. The zero-order valence-corrected chi connectivity index (χ0v) is 15.9. The predicted octanol–water partition coefficient (Wildman–Crippen LogP) is 0.145. The number of phenols is 1. The topological polar surface area (TPSA) is 211 Å². The Balaban J connectivity index is 2.01. The number of Topliss-reactive ketones (excluding diaryl/α,β-unsaturated/α-hetero) is 1. The van der Waals surface area contributed by atoms with Gasteiger partial charge in [0.2, 0.25) is 0 Å². The molecule has 3 aliphatic rings. The van der Waals surface area contributed by atoms with Crippen molar-refractivity contribution in [3.8, 4) is 5.75 Å². The van der Waals surface area contributed by atoms with Crippen LogP contribution < -0.4 is 11.5 Å². The summed E-state index contributed by atoms with van der Waals surface area (Å²) in [5.74, 6) is -6.91. The third kappa shape index (κ3) is 2.17. The molecule has 0 radical (unpaired) electrons. The van der Waals surface area contributed by atoms with Crippen molar-refractivity contribution in [2.24, 2.45) is 17.6 Å². The van der Waals surface area contributed by atoms with E-state index in [9.17, 15) is 35.1 Å². The van der Waals surface area contributed by atoms with Crippen molar-refractivity contribution in [1.82, 2.24) is 0 Å². The largest absolute Gasteiger partial charge is 0.511 e. The summed E-state index contributed by atoms with van der Waals surface area (Å²) in [5, 5.41) is 62.2. The standard InChI is InChI=1S/C20H21N3O7/c1-5-6-2-3-8(21)15(26)11(6)16(27)13-10(5)14(25)7-4-9(24)12(19(23)29)17(22)20(7,30)18(13)28/h2-3,5,7,10,14,22,24-26,28,30H,4,21H2,1H3,(H2,23,29)/t5-,7?,10?,14+,20+/m0/s1. The van der Waals surface area contributed by atoms with Crippen molar-refractivity contribution in [1.29, 1.82) is 5.41 Å². The van der Waals surface area contributed by atoms with Crippen molar-refractivity contribution < 1.29 is 35.1 Å². The molecule has 10 nitrogen and oxygen atoms in total. The Kier molecular flexibility index (Phi) is 4.03. The quantitative estimate of drug-likeness (QED) is 0.233. The highest BCUT2D eigenvalue weighted by Crippen LogP contribution is 2.55. The first-order valence-corrected chi connectivity index (χ1v) is 9.25. The van der Waals surface area contributed by atoms with Crippen molar-refractivity contribution in [2.75, 3.05) is 5.73 Å². The van der Waals surface area contributed by atoms with Crippen molar-refractivity contribution in [3.05, 3.63) is 45.9 Å². The number of nitrogens with two attached hydrogens (primary N) is 2. The van der Waals surface area contributed by atoms with Gasteiger partial charge in [-0.1, -0.05) is 13.0 Å². The first-order chi connectivity index (χ1) is 13.9. The second-order valence-corrected chi connectivity index (χ2v) is 8.00. The van der Waals surface area contributed by atoms with Crippen LogP contribution in [0.2, 0.25) is 0 Å². The fourth-order valence-corrected chi connectivity index (χ4v) is 5.06. The second-order valence-electron chi connectivity index (χ2n) is 8.00. The van der Waals surface area contributed by atoms with Crippen LogP contribution in [0.25, 0.3) is 0 Å². The van der Waals surface area contributed by atoms with E-state index in [1.807, 2.05) is 0 Å². The lowest BCUT2D eigenvalue weighted by Gasteiger charge is -2.51. The molecular formula is C20H21N3O7. The molecule has 10 N–H and O–H groups in total. The van der Waals surface area contributed by atoms with Crippen LogP contribution in [-0.4, -0.2) is 54.6 Å². The summed E-state index contributed by atoms with van der Waals surface area (Å²) in [7, 11) is 0. The molecule has 0 spiro atoms. The Hall–Kier alpha value is -3.37. The average Bonchev–Trinajstić information content (AvgIpc) is 2.67. The number of amides is 1. The van der Waals surface area contributed by atoms with Crippen LogP contribution in [0.1, 0.15) is 35.2 Å². The zero-order chi connectivity index (χ0) is 22.3. The lowest BCUT2D eigenvalue weighted by molar-refractivity contribution is -0.115. The molecule has 0 fully saturated rings. The fraction of sp³-hybridized carbons (Fsp3) is 0.350. The third-order valence-corrected chi connectivity index (χ3v) is 6.59. The summed E-state index contributed by atoms with van der Waals surface area (Å²) in [6.07, 6.45) is -1.91. The molecule has 0 aromatic heterocycles. The van der Waals surface area contributed by atoms with Crippen molar-refractivity contribution >= 4 is 23.1 Å². The molecule has 10 heteroatoms. The highest BCUT2D eigenvalue weighted by Gasteiger charge is 2.62. The Morgan fingerprint density at radius 2 is 1.90 bits per heavy atom. The summed E-state index contributed by atoms with van der Waals surface area (Å²) >= 11 is 0. The number of primary amides is 1. The molecule has 0 saturated carbocycles. The van der Waals surface area contributed by atoms with E-state index in [-0.39, 0.29) is 16.8 Å². The number of fused-ring (bicyclic) bond motifs is 3. The van der Waals surface area contributed by atoms with E-state index in [1.54, 1.807) is 13.0 Å². The van der Waals surface area contributed by atoms with Gasteiger partial charge in [0.15, 0.2) is 11.4 Å². The van der Waals surface area contributed by atoms with Gasteiger partial charge < -0.3 is 42.4 Å². The average molecular weight is 415 g/mol. The smallest absolute Gasteiger partial charge is 0.254 e. The number of hydrogen-bond acceptors (Lipinski definition) is 9. The molecular weight excluding hydrogens is 394 g/mol. The molecule has 1 aromatic carbocycles. The summed E-state index contributed by atoms with van der Waals surface area (Å²) in [6.45, 7) is 1.67. The number of aliphatic hydroxyl groups is 4. The summed E-state index contributed by atoms with van der Waals surface area (Å²) < 4.78 is 0. The van der Waals surface area contributed by atoms with Crippen LogP contribution >= 0.6 is 0 Å². The van der Waals surface area contributed by atoms with E-state index in [1.165, 1.54) is 6.07 Å². The van der Waals surface area contributed by atoms with E-state index in [2.05, 4.69) is 0 Å². The number of phenolic OH excluding ortho intramolecular Hbond substituents is 1. The molecule has 1 aromatic rings. The molecule has 2 unspecified atom stereocenters. The van der Waals surface area contributed by atoms with E-state index < -0.39 is 76.1 Å². The van der Waals surface area contributed by atoms with Gasteiger partial charge in [-0.05, 0) is 17.5 Å². The van der Waals surface area contributed by atoms with Crippen LogP contribution in [0, 0.1) is 17.2 Å². The van der Waals surface area contributed by atoms with Gasteiger partial charge in [0.1, 0.15) is 22.8 Å². The maximum atomic E-state index is 13.2. The van der Waals surface area contributed by atoms with E-state index in [0.717, 1.165) is 0 Å². The van der Waals surface area contributed by atoms with Crippen LogP contribution in [0.15, 0.2) is 34.8 Å². The lowest BCUT2D eigenvalue weighted by atomic mass is 9.56. The highest BCUT2D eigenvalue weighted by molar-refractivity contribution is 6.25. The molecule has 1 amide bonds. The van der Waals surface area contributed by atoms with Crippen LogP contribution in [0.5, 0.6) is 5.75 Å². The Labute approximate surface area is 170 Å². The minimum absolute atomic E-state index is 0.0601. The number of aliphatic hydroxyl groups excluding tert-OH is 3. The number of nitrogen functional groups attached to an aromatic ring is 1. The molecule has 0 saturated heterocycles. The summed E-state index contributed by atoms with van der Waals surface area (Å²) in [4.78, 5) is 25.0. The Morgan fingerprint density at radius 1 is 1.27 bits per heavy atom. The summed E-state index contributed by atoms with van der Waals surface area (Å²) in [5.41, 5.74) is 6.50. The van der Waals surface area contributed by atoms with Gasteiger partial charge in [-0.15, -0.1) is 0 Å². The van der Waals surface area contributed by atoms with E-state index >= 15 is 0 Å². The molecule has 5 atom stereocenters. The van der Waals surface area contributed by atoms with Gasteiger partial charge >= 0.3 is 0 Å². The van der Waals surface area contributed by atoms with Gasteiger partial charge in [-0.3, -0.25) is 9.59 Å². The number of carbonyl (C=O) groups excluding carboxylic acids is 2. The number of allylic oxidation sites excluding steroid dienone is 1. The van der Waals surface area contributed by atoms with Gasteiger partial charge in [-0.25, -0.2) is 0 Å². The van der Waals surface area contributed by atoms with Gasteiger partial charge in [0.05, 0.1) is 23.1 Å². The van der Waals surface area contributed by atoms with Crippen LogP contribution in [0.3, 0.4) is 0 Å². The summed E-state index contributed by atoms with van der Waals surface area (Å²) in [6, 6.07) is 2.96. The Bertz CT molecular complexity index is 1110. The molecule has 158 valence electrons. The number of rotatable bonds is 1. The number of aromatic hydroxyl groups is 1. The zero-order valence-electron chi connectivity index (χ0n) is 15.9. The minimum atomic E-state index is -2.62. The monoisotopic (exact) mass is 415 g/mol. The minimum Gasteiger partial charge on any atom is -0.511 e. The second kappa shape index (κ2) is 6.07. The molecule has 4 rings (SSSR count). The number of hydrogen-bond donors (Lipinski definition) is 8. The molecule has 0 aliphatic heterocycles. The maximum Gasteiger partial charge on any atom is 0.254 e. The number of benzene rings is 1. The molecule has 30 heavy (non-hydrogen) atoms. The molecule has 0 heterocycles. The predicted molar refractivity (Wildman–Crippen MR) is 104 cm³/mol. The Morgan fingerprint density at radius 3 is 2.50 bits per heavy atom.